The van der Waals surface area contributed by atoms with Crippen LogP contribution in [0.15, 0.2) is 0 Å². The number of Topliss-reactive ketones (excluding diaryl/α,β-unsaturated/α-hetero) is 1. The number of hydroxylamine groups is 1. The average Bonchev–Trinajstić information content (AvgIpc) is 2.22. The number of rotatable bonds is 7. The lowest BCUT2D eigenvalue weighted by atomic mass is 9.93. The molecule has 0 rings (SSSR count). The molecule has 0 aromatic heterocycles. The number of carbonyl (C=O) groups is 4. The van der Waals surface area contributed by atoms with Crippen molar-refractivity contribution in [1.82, 2.24) is 5.48 Å². The summed E-state index contributed by atoms with van der Waals surface area (Å²) in [4.78, 5) is 43.2. The summed E-state index contributed by atoms with van der Waals surface area (Å²) < 4.78 is 0. The third-order valence-electron chi connectivity index (χ3n) is 1.91. The van der Waals surface area contributed by atoms with E-state index in [1.807, 2.05) is 0 Å². The molecule has 0 aromatic carbocycles. The van der Waals surface area contributed by atoms with Crippen LogP contribution in [0.2, 0.25) is 0 Å². The van der Waals surface area contributed by atoms with E-state index in [9.17, 15) is 19.2 Å². The van der Waals surface area contributed by atoms with Crippen molar-refractivity contribution in [1.29, 1.82) is 0 Å². The molecule has 0 aromatic rings. The Bertz CT molecular complexity index is 341. The molecule has 0 heterocycles. The number of carbonyl (C=O) groups excluding carboxylic acids is 2. The molecular weight excluding hydrogens is 236 g/mol. The second-order valence-electron chi connectivity index (χ2n) is 3.23. The van der Waals surface area contributed by atoms with Crippen LogP contribution in [0.4, 0.5) is 0 Å². The molecular formula is C8H12N2O7. The molecule has 0 fully saturated rings. The van der Waals surface area contributed by atoms with Crippen LogP contribution in [-0.2, 0) is 19.2 Å². The van der Waals surface area contributed by atoms with Crippen LogP contribution in [0.1, 0.15) is 12.8 Å². The number of hydrogen-bond acceptors (Lipinski definition) is 6. The van der Waals surface area contributed by atoms with Crippen LogP contribution in [0, 0.1) is 5.92 Å². The van der Waals surface area contributed by atoms with Crippen molar-refractivity contribution in [2.45, 2.75) is 18.9 Å². The largest absolute Gasteiger partial charge is 0.481 e. The number of carboxylic acids is 2. The van der Waals surface area contributed by atoms with Crippen molar-refractivity contribution in [2.75, 3.05) is 0 Å². The SMILES string of the molecule is NC(CC(=O)O)C(=O)C(CC(=O)O)C(=O)NO. The van der Waals surface area contributed by atoms with Gasteiger partial charge in [0.25, 0.3) is 5.91 Å². The molecule has 0 radical (unpaired) electrons. The van der Waals surface area contributed by atoms with Gasteiger partial charge in [0.05, 0.1) is 18.9 Å². The smallest absolute Gasteiger partial charge is 0.305 e. The molecule has 9 nitrogen and oxygen atoms in total. The first-order valence-electron chi connectivity index (χ1n) is 4.46. The fourth-order valence-corrected chi connectivity index (χ4v) is 1.12. The number of ketones is 1. The fraction of sp³-hybridized carbons (Fsp3) is 0.500. The molecule has 1 amide bonds. The molecule has 96 valence electrons. The lowest BCUT2D eigenvalue weighted by Crippen LogP contribution is -2.44. The van der Waals surface area contributed by atoms with E-state index in [2.05, 4.69) is 0 Å². The number of carboxylic acid groups (broad SMARTS) is 2. The van der Waals surface area contributed by atoms with Gasteiger partial charge in [-0.3, -0.25) is 24.4 Å². The average molecular weight is 248 g/mol. The van der Waals surface area contributed by atoms with Crippen molar-refractivity contribution in [3.8, 4) is 0 Å². The predicted octanol–water partition coefficient (Wildman–Crippen LogP) is -2.05. The van der Waals surface area contributed by atoms with Gasteiger partial charge in [0.2, 0.25) is 0 Å². The maximum Gasteiger partial charge on any atom is 0.305 e. The molecule has 2 atom stereocenters. The van der Waals surface area contributed by atoms with Gasteiger partial charge in [-0.25, -0.2) is 5.48 Å². The first kappa shape index (κ1) is 15.0. The van der Waals surface area contributed by atoms with Crippen molar-refractivity contribution >= 4 is 23.6 Å². The van der Waals surface area contributed by atoms with Gasteiger partial charge in [0, 0.05) is 0 Å². The number of hydrogen-bond donors (Lipinski definition) is 5. The molecule has 2 unspecified atom stereocenters. The maximum absolute atomic E-state index is 11.5. The zero-order chi connectivity index (χ0) is 13.6. The van der Waals surface area contributed by atoms with Crippen LogP contribution in [0.25, 0.3) is 0 Å². The minimum Gasteiger partial charge on any atom is -0.481 e. The normalized spacial score (nSPS) is 13.5. The zero-order valence-corrected chi connectivity index (χ0v) is 8.62. The minimum absolute atomic E-state index is 0.729. The Kier molecular flexibility index (Phi) is 5.78. The highest BCUT2D eigenvalue weighted by atomic mass is 16.5. The number of nitrogens with two attached hydrogens (primary N) is 1. The summed E-state index contributed by atoms with van der Waals surface area (Å²) in [5.41, 5.74) is 6.34. The molecule has 0 saturated carbocycles. The van der Waals surface area contributed by atoms with Gasteiger partial charge in [-0.05, 0) is 0 Å². The molecule has 0 spiro atoms. The second kappa shape index (κ2) is 6.55. The van der Waals surface area contributed by atoms with Crippen LogP contribution in [0.5, 0.6) is 0 Å². The van der Waals surface area contributed by atoms with Crippen molar-refractivity contribution < 1.29 is 34.6 Å². The quantitative estimate of drug-likeness (QED) is 0.195. The van der Waals surface area contributed by atoms with Gasteiger partial charge >= 0.3 is 11.9 Å². The molecule has 0 aliphatic heterocycles. The number of nitrogens with one attached hydrogen (secondary N) is 1. The van der Waals surface area contributed by atoms with E-state index >= 15 is 0 Å². The summed E-state index contributed by atoms with van der Waals surface area (Å²) in [6.45, 7) is 0. The molecule has 17 heavy (non-hydrogen) atoms. The van der Waals surface area contributed by atoms with Crippen molar-refractivity contribution in [3.63, 3.8) is 0 Å². The number of aliphatic carboxylic acids is 2. The second-order valence-corrected chi connectivity index (χ2v) is 3.23. The molecule has 0 saturated heterocycles. The summed E-state index contributed by atoms with van der Waals surface area (Å²) in [5.74, 6) is -6.81. The van der Waals surface area contributed by atoms with Crippen molar-refractivity contribution in [3.05, 3.63) is 0 Å². The van der Waals surface area contributed by atoms with Crippen molar-refractivity contribution in [2.24, 2.45) is 11.7 Å². The van der Waals surface area contributed by atoms with Crippen LogP contribution >= 0.6 is 0 Å². The Labute approximate surface area is 95.2 Å². The Morgan fingerprint density at radius 2 is 1.53 bits per heavy atom. The molecule has 0 aliphatic rings. The number of amides is 1. The van der Waals surface area contributed by atoms with E-state index in [0.717, 1.165) is 5.48 Å². The third-order valence-corrected chi connectivity index (χ3v) is 1.91. The highest BCUT2D eigenvalue weighted by molar-refractivity contribution is 6.06. The fourth-order valence-electron chi connectivity index (χ4n) is 1.12. The summed E-state index contributed by atoms with van der Waals surface area (Å²) in [7, 11) is 0. The van der Waals surface area contributed by atoms with Crippen LogP contribution in [-0.4, -0.2) is 45.1 Å². The van der Waals surface area contributed by atoms with Crippen LogP contribution in [0.3, 0.4) is 0 Å². The summed E-state index contributed by atoms with van der Waals surface area (Å²) in [6.07, 6.45) is -1.60. The van der Waals surface area contributed by atoms with E-state index < -0.39 is 48.4 Å². The first-order valence-corrected chi connectivity index (χ1v) is 4.46. The zero-order valence-electron chi connectivity index (χ0n) is 8.62. The third kappa shape index (κ3) is 5.04. The van der Waals surface area contributed by atoms with Crippen LogP contribution < -0.4 is 11.2 Å². The molecule has 0 bridgehead atoms. The van der Waals surface area contributed by atoms with E-state index in [1.54, 1.807) is 0 Å². The van der Waals surface area contributed by atoms with Gasteiger partial charge in [0.15, 0.2) is 5.78 Å². The molecule has 0 aliphatic carbocycles. The minimum atomic E-state index is -1.72. The Balaban J connectivity index is 4.79. The topological polar surface area (TPSA) is 167 Å². The summed E-state index contributed by atoms with van der Waals surface area (Å²) in [6, 6.07) is -1.51. The Hall–Kier alpha value is -2.00. The molecule has 9 heteroatoms. The van der Waals surface area contributed by atoms with Gasteiger partial charge in [-0.2, -0.15) is 0 Å². The standard InChI is InChI=1S/C8H12N2O7/c9-4(2-6(13)14)7(15)3(1-5(11)12)8(16)10-17/h3-4,17H,1-2,9H2,(H,10,16)(H,11,12)(H,13,14). The maximum atomic E-state index is 11.5. The monoisotopic (exact) mass is 248 g/mol. The summed E-state index contributed by atoms with van der Waals surface area (Å²) in [5, 5.41) is 25.2. The highest BCUT2D eigenvalue weighted by Crippen LogP contribution is 2.09. The Morgan fingerprint density at radius 3 is 1.88 bits per heavy atom. The van der Waals surface area contributed by atoms with Gasteiger partial charge in [-0.15, -0.1) is 0 Å². The van der Waals surface area contributed by atoms with E-state index in [-0.39, 0.29) is 0 Å². The van der Waals surface area contributed by atoms with Gasteiger partial charge in [0.1, 0.15) is 5.92 Å². The lowest BCUT2D eigenvalue weighted by molar-refractivity contribution is -0.149. The molecule has 6 N–H and O–H groups in total. The van der Waals surface area contributed by atoms with E-state index in [1.165, 1.54) is 0 Å². The van der Waals surface area contributed by atoms with E-state index in [4.69, 9.17) is 21.2 Å². The van der Waals surface area contributed by atoms with Gasteiger partial charge in [-0.1, -0.05) is 0 Å². The summed E-state index contributed by atoms with van der Waals surface area (Å²) >= 11 is 0. The van der Waals surface area contributed by atoms with Gasteiger partial charge < -0.3 is 15.9 Å². The van der Waals surface area contributed by atoms with E-state index in [0.29, 0.717) is 0 Å². The lowest BCUT2D eigenvalue weighted by Gasteiger charge is -2.15. The first-order chi connectivity index (χ1) is 7.79. The predicted molar refractivity (Wildman–Crippen MR) is 50.9 cm³/mol. The highest BCUT2D eigenvalue weighted by Gasteiger charge is 2.33. The Morgan fingerprint density at radius 1 is 1.06 bits per heavy atom.